The largest absolute Gasteiger partial charge is 0.457 e. The predicted octanol–water partition coefficient (Wildman–Crippen LogP) is 6.04. The molecule has 0 aliphatic carbocycles. The Morgan fingerprint density at radius 3 is 2.45 bits per heavy atom. The lowest BCUT2D eigenvalue weighted by Crippen LogP contribution is -2.22. The highest BCUT2D eigenvalue weighted by Crippen LogP contribution is 2.31. The van der Waals surface area contributed by atoms with Gasteiger partial charge in [-0.1, -0.05) is 6.07 Å². The van der Waals surface area contributed by atoms with E-state index in [1.165, 1.54) is 13.3 Å². The number of carbonyl (C=O) groups is 2. The van der Waals surface area contributed by atoms with Gasteiger partial charge < -0.3 is 20.7 Å². The molecule has 0 saturated carbocycles. The van der Waals surface area contributed by atoms with Gasteiger partial charge in [0.05, 0.1) is 16.7 Å². The fourth-order valence-corrected chi connectivity index (χ4v) is 3.90. The van der Waals surface area contributed by atoms with Gasteiger partial charge in [-0.3, -0.25) is 9.48 Å². The number of fused-ring (bicyclic) bond motifs is 1. The molecule has 3 aromatic heterocycles. The first kappa shape index (κ1) is 26.3. The third-order valence-corrected chi connectivity index (χ3v) is 5.81. The predicted molar refractivity (Wildman–Crippen MR) is 153 cm³/mol. The smallest absolute Gasteiger partial charge is 0.323 e. The lowest BCUT2D eigenvalue weighted by Gasteiger charge is -2.18. The van der Waals surface area contributed by atoms with E-state index in [9.17, 15) is 9.59 Å². The van der Waals surface area contributed by atoms with Crippen LogP contribution in [0.3, 0.4) is 0 Å². The third-order valence-electron chi connectivity index (χ3n) is 5.81. The van der Waals surface area contributed by atoms with Crippen LogP contribution in [0, 0.1) is 0 Å². The molecule has 0 unspecified atom stereocenters. The summed E-state index contributed by atoms with van der Waals surface area (Å²) in [4.78, 5) is 36.7. The summed E-state index contributed by atoms with van der Waals surface area (Å²) in [5, 5.41) is 14.1. The van der Waals surface area contributed by atoms with Crippen molar-refractivity contribution in [2.24, 2.45) is 0 Å². The van der Waals surface area contributed by atoms with E-state index in [2.05, 4.69) is 30.9 Å². The standard InChI is InChI=1S/C29H28N8O3/c1-18(38)33-26-14-23(11-12-31-26)40-22-8-6-21(7-9-22)34-28(39)35-25-16-37(29(2,3)4)36-27(25)19-5-10-24-20(13-19)15-30-17-32-24/h5-17H,1-4H3,(H,31,33,38)(H2,34,35,39). The van der Waals surface area contributed by atoms with Crippen LogP contribution < -0.4 is 20.7 Å². The van der Waals surface area contributed by atoms with Crippen LogP contribution in [0.25, 0.3) is 22.2 Å². The molecule has 0 atom stereocenters. The lowest BCUT2D eigenvalue weighted by atomic mass is 10.1. The molecular weight excluding hydrogens is 508 g/mol. The van der Waals surface area contributed by atoms with Crippen LogP contribution in [-0.4, -0.2) is 36.7 Å². The Morgan fingerprint density at radius 1 is 0.900 bits per heavy atom. The van der Waals surface area contributed by atoms with Crippen molar-refractivity contribution in [3.05, 3.63) is 79.5 Å². The molecule has 0 saturated heterocycles. The second-order valence-corrected chi connectivity index (χ2v) is 10.1. The van der Waals surface area contributed by atoms with Gasteiger partial charge in [-0.05, 0) is 63.2 Å². The monoisotopic (exact) mass is 536 g/mol. The molecule has 3 amide bonds. The van der Waals surface area contributed by atoms with Crippen LogP contribution in [0.5, 0.6) is 11.5 Å². The number of aromatic nitrogens is 5. The van der Waals surface area contributed by atoms with Gasteiger partial charge in [0, 0.05) is 48.2 Å². The number of carbonyl (C=O) groups excluding carboxylic acids is 2. The number of nitrogens with one attached hydrogen (secondary N) is 3. The Bertz CT molecular complexity index is 1690. The lowest BCUT2D eigenvalue weighted by molar-refractivity contribution is -0.114. The van der Waals surface area contributed by atoms with Gasteiger partial charge in [0.25, 0.3) is 0 Å². The van der Waals surface area contributed by atoms with E-state index >= 15 is 0 Å². The minimum atomic E-state index is -0.415. The Hall–Kier alpha value is -5.32. The van der Waals surface area contributed by atoms with Gasteiger partial charge in [-0.2, -0.15) is 5.10 Å². The van der Waals surface area contributed by atoms with Crippen LogP contribution in [0.15, 0.2) is 79.5 Å². The van der Waals surface area contributed by atoms with Gasteiger partial charge in [0.15, 0.2) is 0 Å². The van der Waals surface area contributed by atoms with Gasteiger partial charge in [0.2, 0.25) is 5.91 Å². The van der Waals surface area contributed by atoms with Crippen molar-refractivity contribution >= 4 is 40.0 Å². The molecule has 0 spiro atoms. The average molecular weight is 537 g/mol. The summed E-state index contributed by atoms with van der Waals surface area (Å²) in [6.07, 6.45) is 6.62. The number of hydrogen-bond donors (Lipinski definition) is 3. The highest BCUT2D eigenvalue weighted by atomic mass is 16.5. The van der Waals surface area contributed by atoms with E-state index in [-0.39, 0.29) is 11.4 Å². The first-order valence-corrected chi connectivity index (χ1v) is 12.5. The van der Waals surface area contributed by atoms with Crippen LogP contribution in [0.2, 0.25) is 0 Å². The highest BCUT2D eigenvalue weighted by Gasteiger charge is 2.21. The molecule has 202 valence electrons. The Balaban J connectivity index is 1.31. The average Bonchev–Trinajstić information content (AvgIpc) is 3.34. The Kier molecular flexibility index (Phi) is 7.11. The van der Waals surface area contributed by atoms with Crippen molar-refractivity contribution in [2.45, 2.75) is 33.2 Å². The van der Waals surface area contributed by atoms with Gasteiger partial charge in [-0.15, -0.1) is 0 Å². The number of benzene rings is 2. The quantitative estimate of drug-likeness (QED) is 0.241. The van der Waals surface area contributed by atoms with E-state index in [1.54, 1.807) is 48.8 Å². The zero-order chi connectivity index (χ0) is 28.3. The summed E-state index contributed by atoms with van der Waals surface area (Å²) in [5.41, 5.74) is 3.14. The van der Waals surface area contributed by atoms with Crippen molar-refractivity contribution < 1.29 is 14.3 Å². The summed E-state index contributed by atoms with van der Waals surface area (Å²) >= 11 is 0. The molecule has 0 radical (unpaired) electrons. The number of nitrogens with zero attached hydrogens (tertiary/aromatic N) is 5. The molecule has 5 aromatic rings. The van der Waals surface area contributed by atoms with E-state index in [0.717, 1.165) is 16.5 Å². The molecule has 0 fully saturated rings. The highest BCUT2D eigenvalue weighted by molar-refractivity contribution is 6.02. The summed E-state index contributed by atoms with van der Waals surface area (Å²) in [6, 6.07) is 15.6. The second kappa shape index (κ2) is 10.8. The van der Waals surface area contributed by atoms with Crippen molar-refractivity contribution in [3.8, 4) is 22.8 Å². The fraction of sp³-hybridized carbons (Fsp3) is 0.172. The minimum Gasteiger partial charge on any atom is -0.457 e. The maximum absolute atomic E-state index is 13.0. The summed E-state index contributed by atoms with van der Waals surface area (Å²) in [7, 11) is 0. The molecule has 40 heavy (non-hydrogen) atoms. The number of urea groups is 1. The second-order valence-electron chi connectivity index (χ2n) is 10.1. The number of ether oxygens (including phenoxy) is 1. The Morgan fingerprint density at radius 2 is 1.70 bits per heavy atom. The maximum Gasteiger partial charge on any atom is 0.323 e. The minimum absolute atomic E-state index is 0.219. The zero-order valence-electron chi connectivity index (χ0n) is 22.5. The van der Waals surface area contributed by atoms with E-state index in [1.807, 2.05) is 49.8 Å². The SMILES string of the molecule is CC(=O)Nc1cc(Oc2ccc(NC(=O)Nc3cn(C(C)(C)C)nc3-c3ccc4ncncc4c3)cc2)ccn1. The van der Waals surface area contributed by atoms with Gasteiger partial charge >= 0.3 is 6.03 Å². The number of amides is 3. The molecular formula is C29H28N8O3. The third kappa shape index (κ3) is 6.21. The van der Waals surface area contributed by atoms with E-state index in [4.69, 9.17) is 9.84 Å². The van der Waals surface area contributed by atoms with Crippen molar-refractivity contribution in [1.82, 2.24) is 24.7 Å². The Labute approximate surface area is 230 Å². The number of hydrogen-bond acceptors (Lipinski definition) is 7. The van der Waals surface area contributed by atoms with Crippen LogP contribution in [0.4, 0.5) is 22.0 Å². The normalized spacial score (nSPS) is 11.2. The fourth-order valence-electron chi connectivity index (χ4n) is 3.90. The van der Waals surface area contributed by atoms with E-state index < -0.39 is 6.03 Å². The summed E-state index contributed by atoms with van der Waals surface area (Å²) in [6.45, 7) is 7.53. The molecule has 3 heterocycles. The van der Waals surface area contributed by atoms with Crippen LogP contribution in [0.1, 0.15) is 27.7 Å². The van der Waals surface area contributed by atoms with Crippen molar-refractivity contribution in [2.75, 3.05) is 16.0 Å². The zero-order valence-corrected chi connectivity index (χ0v) is 22.5. The first-order chi connectivity index (χ1) is 19.1. The summed E-state index contributed by atoms with van der Waals surface area (Å²) < 4.78 is 7.67. The summed E-state index contributed by atoms with van der Waals surface area (Å²) in [5.74, 6) is 1.25. The van der Waals surface area contributed by atoms with Crippen molar-refractivity contribution in [3.63, 3.8) is 0 Å². The first-order valence-electron chi connectivity index (χ1n) is 12.5. The van der Waals surface area contributed by atoms with Crippen LogP contribution in [-0.2, 0) is 10.3 Å². The molecule has 0 aliphatic rings. The van der Waals surface area contributed by atoms with E-state index in [0.29, 0.717) is 34.4 Å². The van der Waals surface area contributed by atoms with Crippen molar-refractivity contribution in [1.29, 1.82) is 0 Å². The molecule has 5 rings (SSSR count). The topological polar surface area (TPSA) is 136 Å². The number of pyridine rings is 1. The molecule has 2 aromatic carbocycles. The van der Waals surface area contributed by atoms with Crippen LogP contribution >= 0.6 is 0 Å². The number of anilines is 3. The molecule has 3 N–H and O–H groups in total. The molecule has 0 bridgehead atoms. The molecule has 0 aliphatic heterocycles. The molecule has 11 nitrogen and oxygen atoms in total. The van der Waals surface area contributed by atoms with Gasteiger partial charge in [0.1, 0.15) is 29.3 Å². The number of rotatable bonds is 6. The maximum atomic E-state index is 13.0. The van der Waals surface area contributed by atoms with Gasteiger partial charge in [-0.25, -0.2) is 19.7 Å². The molecule has 11 heteroatoms.